The summed E-state index contributed by atoms with van der Waals surface area (Å²) in [4.78, 5) is 11.4. The van der Waals surface area contributed by atoms with Crippen LogP contribution < -0.4 is 11.1 Å². The largest absolute Gasteiger partial charge is 0.383 e. The number of carbonyl (C=O) groups excluding carboxylic acids is 1. The number of nitrogens with two attached hydrogens (primary N) is 1. The van der Waals surface area contributed by atoms with E-state index in [0.29, 0.717) is 12.2 Å². The number of nitrogens with zero attached hydrogens (tertiary/aromatic N) is 2. The Morgan fingerprint density at radius 1 is 1.41 bits per heavy atom. The molecule has 0 saturated carbocycles. The van der Waals surface area contributed by atoms with Crippen molar-refractivity contribution in [3.05, 3.63) is 30.0 Å². The van der Waals surface area contributed by atoms with Gasteiger partial charge in [0, 0.05) is 18.2 Å². The molecule has 0 unspecified atom stereocenters. The lowest BCUT2D eigenvalue weighted by molar-refractivity contribution is -0.115. The van der Waals surface area contributed by atoms with Crippen LogP contribution in [0, 0.1) is 0 Å². The summed E-state index contributed by atoms with van der Waals surface area (Å²) < 4.78 is 1.62. The van der Waals surface area contributed by atoms with Gasteiger partial charge in [0.25, 0.3) is 0 Å². The molecule has 2 heterocycles. The first-order valence-corrected chi connectivity index (χ1v) is 5.36. The fraction of sp³-hybridized carbons (Fsp3) is 0.167. The number of carbonyl (C=O) groups is 1. The Labute approximate surface area is 98.2 Å². The SMILES string of the molecule is Cn1ncc(-c2cccc3c2NC(=O)C3)c1N. The topological polar surface area (TPSA) is 72.9 Å². The summed E-state index contributed by atoms with van der Waals surface area (Å²) in [5, 5.41) is 6.99. The quantitative estimate of drug-likeness (QED) is 0.769. The van der Waals surface area contributed by atoms with Gasteiger partial charge in [-0.05, 0) is 5.56 Å². The highest BCUT2D eigenvalue weighted by atomic mass is 16.1. The lowest BCUT2D eigenvalue weighted by atomic mass is 10.0. The fourth-order valence-electron chi connectivity index (χ4n) is 2.13. The van der Waals surface area contributed by atoms with Gasteiger partial charge >= 0.3 is 0 Å². The molecule has 0 atom stereocenters. The van der Waals surface area contributed by atoms with Crippen LogP contribution in [0.15, 0.2) is 24.4 Å². The predicted molar refractivity (Wildman–Crippen MR) is 65.4 cm³/mol. The zero-order chi connectivity index (χ0) is 12.0. The molecule has 0 aliphatic carbocycles. The highest BCUT2D eigenvalue weighted by Gasteiger charge is 2.22. The molecular weight excluding hydrogens is 216 g/mol. The maximum Gasteiger partial charge on any atom is 0.228 e. The van der Waals surface area contributed by atoms with E-state index >= 15 is 0 Å². The Balaban J connectivity index is 2.20. The van der Waals surface area contributed by atoms with Crippen LogP contribution in [0.4, 0.5) is 11.5 Å². The minimum absolute atomic E-state index is 0.0231. The zero-order valence-electron chi connectivity index (χ0n) is 9.40. The van der Waals surface area contributed by atoms with Crippen molar-refractivity contribution >= 4 is 17.4 Å². The smallest absolute Gasteiger partial charge is 0.228 e. The Morgan fingerprint density at radius 2 is 2.24 bits per heavy atom. The van der Waals surface area contributed by atoms with E-state index in [1.807, 2.05) is 18.2 Å². The van der Waals surface area contributed by atoms with Gasteiger partial charge in [-0.25, -0.2) is 0 Å². The van der Waals surface area contributed by atoms with Gasteiger partial charge in [-0.3, -0.25) is 9.48 Å². The molecule has 1 aliphatic heterocycles. The molecule has 3 rings (SSSR count). The standard InChI is InChI=1S/C12H12N4O/c1-16-12(13)9(6-14-16)8-4-2-3-7-5-10(17)15-11(7)8/h2-4,6H,5,13H2,1H3,(H,15,17). The monoisotopic (exact) mass is 228 g/mol. The van der Waals surface area contributed by atoms with Crippen molar-refractivity contribution < 1.29 is 4.79 Å². The Kier molecular flexibility index (Phi) is 1.95. The van der Waals surface area contributed by atoms with Gasteiger partial charge in [-0.1, -0.05) is 18.2 Å². The molecule has 0 bridgehead atoms. The maximum atomic E-state index is 11.4. The number of aryl methyl sites for hydroxylation is 1. The molecule has 1 amide bonds. The number of nitrogen functional groups attached to an aromatic ring is 1. The third-order valence-corrected chi connectivity index (χ3v) is 3.04. The molecule has 1 aliphatic rings. The molecule has 1 aromatic heterocycles. The average molecular weight is 228 g/mol. The lowest BCUT2D eigenvalue weighted by Gasteiger charge is -2.07. The predicted octanol–water partition coefficient (Wildman–Crippen LogP) is 1.16. The number of amides is 1. The highest BCUT2D eigenvalue weighted by Crippen LogP contribution is 2.36. The Bertz CT molecular complexity index is 615. The van der Waals surface area contributed by atoms with Crippen molar-refractivity contribution in [2.45, 2.75) is 6.42 Å². The van der Waals surface area contributed by atoms with E-state index in [-0.39, 0.29) is 5.91 Å². The third kappa shape index (κ3) is 1.39. The molecule has 0 fully saturated rings. The van der Waals surface area contributed by atoms with Crippen LogP contribution in [-0.4, -0.2) is 15.7 Å². The van der Waals surface area contributed by atoms with E-state index in [4.69, 9.17) is 5.73 Å². The summed E-state index contributed by atoms with van der Waals surface area (Å²) in [6.45, 7) is 0. The van der Waals surface area contributed by atoms with Crippen LogP contribution in [0.3, 0.4) is 0 Å². The summed E-state index contributed by atoms with van der Waals surface area (Å²) in [6, 6.07) is 5.82. The van der Waals surface area contributed by atoms with E-state index in [9.17, 15) is 4.79 Å². The van der Waals surface area contributed by atoms with E-state index in [2.05, 4.69) is 10.4 Å². The van der Waals surface area contributed by atoms with E-state index in [0.717, 1.165) is 22.4 Å². The molecule has 3 N–H and O–H groups in total. The summed E-state index contributed by atoms with van der Waals surface area (Å²) in [5.74, 6) is 0.620. The number of hydrogen-bond donors (Lipinski definition) is 2. The number of rotatable bonds is 1. The van der Waals surface area contributed by atoms with Crippen LogP contribution in [-0.2, 0) is 18.3 Å². The minimum Gasteiger partial charge on any atom is -0.383 e. The Hall–Kier alpha value is -2.30. The molecule has 17 heavy (non-hydrogen) atoms. The number of anilines is 2. The van der Waals surface area contributed by atoms with E-state index in [1.54, 1.807) is 17.9 Å². The summed E-state index contributed by atoms with van der Waals surface area (Å²) in [5.41, 5.74) is 9.60. The number of fused-ring (bicyclic) bond motifs is 1. The maximum absolute atomic E-state index is 11.4. The molecule has 5 heteroatoms. The van der Waals surface area contributed by atoms with Gasteiger partial charge in [-0.2, -0.15) is 5.10 Å². The molecule has 0 saturated heterocycles. The van der Waals surface area contributed by atoms with Crippen molar-refractivity contribution in [3.8, 4) is 11.1 Å². The normalized spacial score (nSPS) is 13.6. The van der Waals surface area contributed by atoms with Crippen LogP contribution in [0.1, 0.15) is 5.56 Å². The second kappa shape index (κ2) is 3.35. The molecule has 1 aromatic carbocycles. The van der Waals surface area contributed by atoms with Crippen LogP contribution in [0.2, 0.25) is 0 Å². The summed E-state index contributed by atoms with van der Waals surface area (Å²) in [6.07, 6.45) is 2.15. The average Bonchev–Trinajstić information content (AvgIpc) is 2.82. The molecule has 5 nitrogen and oxygen atoms in total. The zero-order valence-corrected chi connectivity index (χ0v) is 9.40. The van der Waals surface area contributed by atoms with Crippen molar-refractivity contribution in [2.75, 3.05) is 11.1 Å². The number of benzene rings is 1. The summed E-state index contributed by atoms with van der Waals surface area (Å²) >= 11 is 0. The summed E-state index contributed by atoms with van der Waals surface area (Å²) in [7, 11) is 1.79. The van der Waals surface area contributed by atoms with Gasteiger partial charge in [0.15, 0.2) is 0 Å². The van der Waals surface area contributed by atoms with Crippen molar-refractivity contribution in [1.82, 2.24) is 9.78 Å². The van der Waals surface area contributed by atoms with Crippen molar-refractivity contribution in [2.24, 2.45) is 7.05 Å². The first kappa shape index (κ1) is 9.89. The number of hydrogen-bond acceptors (Lipinski definition) is 3. The first-order chi connectivity index (χ1) is 8.16. The molecule has 0 radical (unpaired) electrons. The van der Waals surface area contributed by atoms with Gasteiger partial charge in [0.1, 0.15) is 5.82 Å². The van der Waals surface area contributed by atoms with Crippen LogP contribution >= 0.6 is 0 Å². The molecule has 0 spiro atoms. The van der Waals surface area contributed by atoms with Gasteiger partial charge < -0.3 is 11.1 Å². The van der Waals surface area contributed by atoms with Crippen molar-refractivity contribution in [1.29, 1.82) is 0 Å². The highest BCUT2D eigenvalue weighted by molar-refractivity contribution is 6.04. The second-order valence-electron chi connectivity index (χ2n) is 4.13. The molecule has 2 aromatic rings. The van der Waals surface area contributed by atoms with Crippen LogP contribution in [0.5, 0.6) is 0 Å². The van der Waals surface area contributed by atoms with Gasteiger partial charge in [-0.15, -0.1) is 0 Å². The fourth-order valence-corrected chi connectivity index (χ4v) is 2.13. The number of nitrogens with one attached hydrogen (secondary N) is 1. The van der Waals surface area contributed by atoms with Crippen molar-refractivity contribution in [3.63, 3.8) is 0 Å². The van der Waals surface area contributed by atoms with Gasteiger partial charge in [0.2, 0.25) is 5.91 Å². The first-order valence-electron chi connectivity index (χ1n) is 5.36. The van der Waals surface area contributed by atoms with Crippen LogP contribution in [0.25, 0.3) is 11.1 Å². The molecule has 86 valence electrons. The van der Waals surface area contributed by atoms with E-state index < -0.39 is 0 Å². The van der Waals surface area contributed by atoms with Gasteiger partial charge in [0.05, 0.1) is 18.3 Å². The molecular formula is C12H12N4O. The number of para-hydroxylation sites is 1. The lowest BCUT2D eigenvalue weighted by Crippen LogP contribution is -2.04. The van der Waals surface area contributed by atoms with E-state index in [1.165, 1.54) is 0 Å². The third-order valence-electron chi connectivity index (χ3n) is 3.04. The second-order valence-corrected chi connectivity index (χ2v) is 4.13. The Morgan fingerprint density at radius 3 is 2.94 bits per heavy atom. The minimum atomic E-state index is 0.0231. The number of aromatic nitrogens is 2.